The van der Waals surface area contributed by atoms with Crippen molar-refractivity contribution in [1.82, 2.24) is 20.0 Å². The van der Waals surface area contributed by atoms with Gasteiger partial charge in [0.2, 0.25) is 17.7 Å². The van der Waals surface area contributed by atoms with Gasteiger partial charge in [0.25, 0.3) is 0 Å². The minimum Gasteiger partial charge on any atom is -0.350 e. The SMILES string of the molecule is O=C(CN1C(=O)C2CC=CCC2C1=O)NCc1cn(-c2ccccc2)nc1-c1ccc(F)cc1. The van der Waals surface area contributed by atoms with Crippen LogP contribution in [0.15, 0.2) is 72.9 Å². The molecule has 1 N–H and O–H groups in total. The number of hydrogen-bond acceptors (Lipinski definition) is 4. The topological polar surface area (TPSA) is 84.3 Å². The molecule has 34 heavy (non-hydrogen) atoms. The van der Waals surface area contributed by atoms with E-state index in [1.54, 1.807) is 23.0 Å². The average molecular weight is 458 g/mol. The lowest BCUT2D eigenvalue weighted by Gasteiger charge is -2.14. The summed E-state index contributed by atoms with van der Waals surface area (Å²) in [5, 5.41) is 7.46. The second kappa shape index (κ2) is 9.05. The molecule has 0 radical (unpaired) electrons. The van der Waals surface area contributed by atoms with Crippen LogP contribution in [0, 0.1) is 17.7 Å². The number of carbonyl (C=O) groups excluding carboxylic acids is 3. The number of rotatable bonds is 6. The first-order valence-corrected chi connectivity index (χ1v) is 11.2. The zero-order valence-corrected chi connectivity index (χ0v) is 18.4. The molecule has 1 aromatic heterocycles. The van der Waals surface area contributed by atoms with Crippen molar-refractivity contribution in [3.05, 3.63) is 84.3 Å². The van der Waals surface area contributed by atoms with Gasteiger partial charge in [-0.05, 0) is 49.2 Å². The molecule has 2 heterocycles. The van der Waals surface area contributed by atoms with Crippen LogP contribution in [-0.4, -0.2) is 38.9 Å². The van der Waals surface area contributed by atoms with Crippen molar-refractivity contribution in [1.29, 1.82) is 0 Å². The second-order valence-corrected chi connectivity index (χ2v) is 8.49. The molecule has 3 aromatic rings. The molecule has 5 rings (SSSR count). The summed E-state index contributed by atoms with van der Waals surface area (Å²) in [4.78, 5) is 39.0. The normalized spacial score (nSPS) is 19.4. The maximum absolute atomic E-state index is 13.4. The minimum absolute atomic E-state index is 0.142. The van der Waals surface area contributed by atoms with Gasteiger partial charge in [-0.25, -0.2) is 9.07 Å². The van der Waals surface area contributed by atoms with Gasteiger partial charge in [-0.3, -0.25) is 19.3 Å². The van der Waals surface area contributed by atoms with E-state index in [1.807, 2.05) is 42.5 Å². The van der Waals surface area contributed by atoms with Crippen molar-refractivity contribution in [2.45, 2.75) is 19.4 Å². The van der Waals surface area contributed by atoms with E-state index in [0.717, 1.165) is 16.2 Å². The number of hydrogen-bond donors (Lipinski definition) is 1. The van der Waals surface area contributed by atoms with Gasteiger partial charge >= 0.3 is 0 Å². The Hall–Kier alpha value is -4.07. The first-order valence-electron chi connectivity index (χ1n) is 11.2. The van der Waals surface area contributed by atoms with Gasteiger partial charge in [-0.1, -0.05) is 30.4 Å². The number of para-hydroxylation sites is 1. The van der Waals surface area contributed by atoms with E-state index in [9.17, 15) is 18.8 Å². The van der Waals surface area contributed by atoms with Crippen LogP contribution in [0.5, 0.6) is 0 Å². The maximum Gasteiger partial charge on any atom is 0.240 e. The Bertz CT molecular complexity index is 1240. The van der Waals surface area contributed by atoms with Crippen molar-refractivity contribution in [3.63, 3.8) is 0 Å². The molecule has 172 valence electrons. The number of allylic oxidation sites excluding steroid dienone is 2. The van der Waals surface area contributed by atoms with Crippen molar-refractivity contribution >= 4 is 17.7 Å². The van der Waals surface area contributed by atoms with Crippen molar-refractivity contribution in [3.8, 4) is 16.9 Å². The number of nitrogens with one attached hydrogen (secondary N) is 1. The molecule has 0 spiro atoms. The summed E-state index contributed by atoms with van der Waals surface area (Å²) in [5.41, 5.74) is 2.88. The molecular weight excluding hydrogens is 435 g/mol. The van der Waals surface area contributed by atoms with E-state index in [0.29, 0.717) is 24.1 Å². The Morgan fingerprint density at radius 3 is 2.26 bits per heavy atom. The predicted octanol–water partition coefficient (Wildman–Crippen LogP) is 3.25. The molecule has 8 heteroatoms. The summed E-state index contributed by atoms with van der Waals surface area (Å²) >= 11 is 0. The van der Waals surface area contributed by atoms with Gasteiger partial charge in [0.15, 0.2) is 0 Å². The summed E-state index contributed by atoms with van der Waals surface area (Å²) in [6.07, 6.45) is 6.70. The van der Waals surface area contributed by atoms with Gasteiger partial charge < -0.3 is 5.32 Å². The third kappa shape index (κ3) is 4.14. The van der Waals surface area contributed by atoms with Crippen LogP contribution >= 0.6 is 0 Å². The monoisotopic (exact) mass is 458 g/mol. The van der Waals surface area contributed by atoms with Gasteiger partial charge in [-0.2, -0.15) is 5.10 Å². The first-order chi connectivity index (χ1) is 16.5. The summed E-state index contributed by atoms with van der Waals surface area (Å²) in [6, 6.07) is 15.5. The molecule has 0 saturated carbocycles. The fourth-order valence-corrected chi connectivity index (χ4v) is 4.52. The van der Waals surface area contributed by atoms with Crippen molar-refractivity contribution in [2.24, 2.45) is 11.8 Å². The summed E-state index contributed by atoms with van der Waals surface area (Å²) in [5.74, 6) is -2.06. The molecule has 2 aromatic carbocycles. The van der Waals surface area contributed by atoms with Crippen LogP contribution in [0.4, 0.5) is 4.39 Å². The van der Waals surface area contributed by atoms with Crippen molar-refractivity contribution < 1.29 is 18.8 Å². The molecule has 1 aliphatic heterocycles. The fourth-order valence-electron chi connectivity index (χ4n) is 4.52. The van der Waals surface area contributed by atoms with E-state index < -0.39 is 5.91 Å². The van der Waals surface area contributed by atoms with E-state index in [-0.39, 0.29) is 42.6 Å². The highest BCUT2D eigenvalue weighted by atomic mass is 19.1. The Morgan fingerprint density at radius 2 is 1.62 bits per heavy atom. The quantitative estimate of drug-likeness (QED) is 0.454. The zero-order valence-electron chi connectivity index (χ0n) is 18.4. The highest BCUT2D eigenvalue weighted by Crippen LogP contribution is 2.34. The third-order valence-electron chi connectivity index (χ3n) is 6.30. The van der Waals surface area contributed by atoms with Crippen LogP contribution in [0.2, 0.25) is 0 Å². The first kappa shape index (κ1) is 21.8. The average Bonchev–Trinajstić information content (AvgIpc) is 3.39. The Kier molecular flexibility index (Phi) is 5.79. The van der Waals surface area contributed by atoms with Crippen LogP contribution in [0.3, 0.4) is 0 Å². The number of carbonyl (C=O) groups is 3. The molecule has 7 nitrogen and oxygen atoms in total. The lowest BCUT2D eigenvalue weighted by Crippen LogP contribution is -2.40. The van der Waals surface area contributed by atoms with Gasteiger partial charge in [-0.15, -0.1) is 0 Å². The highest BCUT2D eigenvalue weighted by Gasteiger charge is 2.47. The predicted molar refractivity (Wildman–Crippen MR) is 123 cm³/mol. The number of likely N-dealkylation sites (tertiary alicyclic amines) is 1. The van der Waals surface area contributed by atoms with E-state index in [4.69, 9.17) is 0 Å². The van der Waals surface area contributed by atoms with Crippen LogP contribution < -0.4 is 5.32 Å². The standard InChI is InChI=1S/C26H23FN4O3/c27-19-12-10-17(11-13-19)24-18(15-31(29-24)20-6-2-1-3-7-20)14-28-23(32)16-30-25(33)21-8-4-5-9-22(21)26(30)34/h1-7,10-13,15,21-22H,8-9,14,16H2,(H,28,32). The van der Waals surface area contributed by atoms with E-state index in [2.05, 4.69) is 10.4 Å². The Balaban J connectivity index is 1.33. The van der Waals surface area contributed by atoms with Crippen LogP contribution in [0.1, 0.15) is 18.4 Å². The lowest BCUT2D eigenvalue weighted by molar-refractivity contribution is -0.143. The molecule has 1 fully saturated rings. The van der Waals surface area contributed by atoms with Crippen LogP contribution in [0.25, 0.3) is 16.9 Å². The number of halogens is 1. The molecular formula is C26H23FN4O3. The van der Waals surface area contributed by atoms with Gasteiger partial charge in [0.05, 0.1) is 23.2 Å². The Labute approximate surface area is 195 Å². The number of fused-ring (bicyclic) bond motifs is 1. The number of benzene rings is 2. The molecule has 0 bridgehead atoms. The highest BCUT2D eigenvalue weighted by molar-refractivity contribution is 6.07. The van der Waals surface area contributed by atoms with E-state index in [1.165, 1.54) is 12.1 Å². The number of aromatic nitrogens is 2. The minimum atomic E-state index is -0.425. The third-order valence-corrected chi connectivity index (χ3v) is 6.30. The second-order valence-electron chi connectivity index (χ2n) is 8.49. The van der Waals surface area contributed by atoms with Gasteiger partial charge in [0, 0.05) is 23.9 Å². The molecule has 1 aliphatic carbocycles. The molecule has 2 aliphatic rings. The molecule has 3 amide bonds. The summed E-state index contributed by atoms with van der Waals surface area (Å²) in [7, 11) is 0. The van der Waals surface area contributed by atoms with E-state index >= 15 is 0 Å². The molecule has 2 atom stereocenters. The van der Waals surface area contributed by atoms with Crippen LogP contribution in [-0.2, 0) is 20.9 Å². The number of imide groups is 1. The molecule has 2 unspecified atom stereocenters. The number of amides is 3. The van der Waals surface area contributed by atoms with Crippen molar-refractivity contribution in [2.75, 3.05) is 6.54 Å². The summed E-state index contributed by atoms with van der Waals surface area (Å²) < 4.78 is 15.1. The summed E-state index contributed by atoms with van der Waals surface area (Å²) in [6.45, 7) is -0.160. The fraction of sp³-hybridized carbons (Fsp3) is 0.231. The lowest BCUT2D eigenvalue weighted by atomic mass is 9.85. The Morgan fingerprint density at radius 1 is 0.971 bits per heavy atom. The van der Waals surface area contributed by atoms with Gasteiger partial charge in [0.1, 0.15) is 12.4 Å². The smallest absolute Gasteiger partial charge is 0.240 e. The molecule has 1 saturated heterocycles. The number of nitrogens with zero attached hydrogens (tertiary/aromatic N) is 3. The maximum atomic E-state index is 13.4. The largest absolute Gasteiger partial charge is 0.350 e. The zero-order chi connectivity index (χ0) is 23.7.